The van der Waals surface area contributed by atoms with Gasteiger partial charge in [0, 0.05) is 29.1 Å². The molecule has 2 aromatic heterocycles. The number of hydrogen-bond donors (Lipinski definition) is 1. The fraction of sp³-hybridized carbons (Fsp3) is 0.304. The van der Waals surface area contributed by atoms with Crippen LogP contribution >= 0.6 is 0 Å². The van der Waals surface area contributed by atoms with Crippen LogP contribution in [-0.4, -0.2) is 37.7 Å². The third kappa shape index (κ3) is 4.16. The Hall–Kier alpha value is -2.93. The van der Waals surface area contributed by atoms with Crippen molar-refractivity contribution in [2.45, 2.75) is 30.6 Å². The van der Waals surface area contributed by atoms with E-state index in [-0.39, 0.29) is 0 Å². The number of methoxy groups -OCH3 is 1. The second kappa shape index (κ2) is 8.07. The van der Waals surface area contributed by atoms with Crippen LogP contribution in [0.3, 0.4) is 0 Å². The lowest BCUT2D eigenvalue weighted by molar-refractivity contribution is 0.0600. The summed E-state index contributed by atoms with van der Waals surface area (Å²) in [5, 5.41) is 0.818. The number of carbonyl (C=O) groups excluding carboxylic acids is 1. The summed E-state index contributed by atoms with van der Waals surface area (Å²) in [6.45, 7) is 0. The van der Waals surface area contributed by atoms with E-state index >= 15 is 0 Å². The Bertz CT molecular complexity index is 1220. The SMILES string of the molecule is COC(=O)c1cnc2[nH]c(/C(=C/C3CCCC3)c3ccc(S(C)(=O)=O)cc3)cc2c1. The molecule has 0 unspecified atom stereocenters. The maximum atomic E-state index is 11.8. The Morgan fingerprint density at radius 1 is 1.13 bits per heavy atom. The predicted molar refractivity (Wildman–Crippen MR) is 116 cm³/mol. The van der Waals surface area contributed by atoms with Crippen molar-refractivity contribution in [1.82, 2.24) is 9.97 Å². The molecular weight excluding hydrogens is 400 g/mol. The average molecular weight is 425 g/mol. The lowest BCUT2D eigenvalue weighted by atomic mass is 9.96. The van der Waals surface area contributed by atoms with E-state index in [2.05, 4.69) is 16.0 Å². The van der Waals surface area contributed by atoms with Crippen LogP contribution in [0, 0.1) is 5.92 Å². The first kappa shape index (κ1) is 20.3. The van der Waals surface area contributed by atoms with Gasteiger partial charge in [-0.2, -0.15) is 0 Å². The van der Waals surface area contributed by atoms with Gasteiger partial charge in [0.25, 0.3) is 0 Å². The van der Waals surface area contributed by atoms with E-state index in [4.69, 9.17) is 4.74 Å². The van der Waals surface area contributed by atoms with Gasteiger partial charge in [-0.25, -0.2) is 18.2 Å². The number of benzene rings is 1. The van der Waals surface area contributed by atoms with Crippen molar-refractivity contribution in [2.75, 3.05) is 13.4 Å². The molecular formula is C23H24N2O4S. The Labute approximate surface area is 175 Å². The summed E-state index contributed by atoms with van der Waals surface area (Å²) in [5.74, 6) is 0.0600. The zero-order chi connectivity index (χ0) is 21.3. The molecule has 0 atom stereocenters. The minimum atomic E-state index is -3.25. The standard InChI is InChI=1S/C23H24N2O4S/c1-29-23(26)18-12-17-13-21(25-22(17)24-14-18)20(11-15-5-3-4-6-15)16-7-9-19(10-8-16)30(2,27)28/h7-15H,3-6H2,1-2H3,(H,24,25)/b20-11+. The van der Waals surface area contributed by atoms with Gasteiger partial charge in [0.15, 0.2) is 9.84 Å². The molecule has 6 nitrogen and oxygen atoms in total. The predicted octanol–water partition coefficient (Wildman–Crippen LogP) is 4.37. The number of carbonyl (C=O) groups is 1. The molecule has 4 rings (SSSR count). The van der Waals surface area contributed by atoms with Crippen LogP contribution in [0.15, 0.2) is 53.6 Å². The van der Waals surface area contributed by atoms with Crippen molar-refractivity contribution >= 4 is 32.4 Å². The highest BCUT2D eigenvalue weighted by Gasteiger charge is 2.18. The van der Waals surface area contributed by atoms with Crippen molar-refractivity contribution in [1.29, 1.82) is 0 Å². The molecule has 0 saturated heterocycles. The molecule has 1 N–H and O–H groups in total. The molecule has 1 aliphatic carbocycles. The number of H-pyrrole nitrogens is 1. The zero-order valence-corrected chi connectivity index (χ0v) is 17.8. The topological polar surface area (TPSA) is 89.1 Å². The van der Waals surface area contributed by atoms with Crippen LogP contribution in [0.2, 0.25) is 0 Å². The largest absolute Gasteiger partial charge is 0.465 e. The van der Waals surface area contributed by atoms with E-state index in [1.807, 2.05) is 18.2 Å². The number of pyridine rings is 1. The summed E-state index contributed by atoms with van der Waals surface area (Å²) in [5.41, 5.74) is 3.92. The second-order valence-corrected chi connectivity index (χ2v) is 9.77. The molecule has 7 heteroatoms. The summed E-state index contributed by atoms with van der Waals surface area (Å²) in [7, 11) is -1.90. The highest BCUT2D eigenvalue weighted by molar-refractivity contribution is 7.90. The number of nitrogens with one attached hydrogen (secondary N) is 1. The summed E-state index contributed by atoms with van der Waals surface area (Å²) in [6.07, 6.45) is 9.71. The van der Waals surface area contributed by atoms with E-state index in [1.54, 1.807) is 18.2 Å². The van der Waals surface area contributed by atoms with Gasteiger partial charge < -0.3 is 9.72 Å². The third-order valence-corrected chi connectivity index (χ3v) is 6.71. The Balaban J connectivity index is 1.79. The average Bonchev–Trinajstić information content (AvgIpc) is 3.39. The first-order valence-electron chi connectivity index (χ1n) is 9.95. The smallest absolute Gasteiger partial charge is 0.339 e. The molecule has 30 heavy (non-hydrogen) atoms. The van der Waals surface area contributed by atoms with Crippen LogP contribution in [0.25, 0.3) is 16.6 Å². The number of rotatable bonds is 5. The van der Waals surface area contributed by atoms with Gasteiger partial charge in [0.2, 0.25) is 0 Å². The number of fused-ring (bicyclic) bond motifs is 1. The van der Waals surface area contributed by atoms with Gasteiger partial charge in [0.1, 0.15) is 5.65 Å². The van der Waals surface area contributed by atoms with E-state index in [9.17, 15) is 13.2 Å². The van der Waals surface area contributed by atoms with E-state index < -0.39 is 15.8 Å². The van der Waals surface area contributed by atoms with Crippen molar-refractivity contribution in [2.24, 2.45) is 5.92 Å². The first-order chi connectivity index (χ1) is 14.3. The summed E-state index contributed by atoms with van der Waals surface area (Å²) in [6, 6.07) is 10.7. The van der Waals surface area contributed by atoms with Gasteiger partial charge in [-0.15, -0.1) is 0 Å². The van der Waals surface area contributed by atoms with Gasteiger partial charge in [0.05, 0.1) is 17.6 Å². The number of hydrogen-bond acceptors (Lipinski definition) is 5. The van der Waals surface area contributed by atoms with Crippen molar-refractivity contribution in [3.05, 3.63) is 65.5 Å². The molecule has 0 radical (unpaired) electrons. The minimum Gasteiger partial charge on any atom is -0.465 e. The van der Waals surface area contributed by atoms with Crippen molar-refractivity contribution in [3.8, 4) is 0 Å². The molecule has 1 aromatic carbocycles. The lowest BCUT2D eigenvalue weighted by Crippen LogP contribution is -2.01. The third-order valence-electron chi connectivity index (χ3n) is 5.58. The molecule has 156 valence electrons. The molecule has 0 spiro atoms. The van der Waals surface area contributed by atoms with Crippen molar-refractivity contribution in [3.63, 3.8) is 0 Å². The van der Waals surface area contributed by atoms with Gasteiger partial charge in [-0.3, -0.25) is 0 Å². The van der Waals surface area contributed by atoms with E-state index in [0.717, 1.165) is 35.1 Å². The van der Waals surface area contributed by atoms with Crippen LogP contribution in [-0.2, 0) is 14.6 Å². The molecule has 3 aromatic rings. The van der Waals surface area contributed by atoms with Crippen LogP contribution in [0.1, 0.15) is 47.3 Å². The molecule has 1 saturated carbocycles. The molecule has 0 amide bonds. The number of sulfone groups is 1. The quantitative estimate of drug-likeness (QED) is 0.614. The number of esters is 1. The highest BCUT2D eigenvalue weighted by Crippen LogP contribution is 2.33. The van der Waals surface area contributed by atoms with E-state index in [1.165, 1.54) is 32.4 Å². The van der Waals surface area contributed by atoms with Gasteiger partial charge >= 0.3 is 5.97 Å². The molecule has 1 aliphatic rings. The summed E-state index contributed by atoms with van der Waals surface area (Å²) >= 11 is 0. The van der Waals surface area contributed by atoms with Crippen molar-refractivity contribution < 1.29 is 17.9 Å². The fourth-order valence-electron chi connectivity index (χ4n) is 3.97. The number of aromatic nitrogens is 2. The maximum Gasteiger partial charge on any atom is 0.339 e. The number of ether oxygens (including phenoxy) is 1. The number of aromatic amines is 1. The highest BCUT2D eigenvalue weighted by atomic mass is 32.2. The maximum absolute atomic E-state index is 11.8. The van der Waals surface area contributed by atoms with Gasteiger partial charge in [-0.05, 0) is 48.6 Å². The molecule has 0 aliphatic heterocycles. The molecule has 1 fully saturated rings. The first-order valence-corrected chi connectivity index (χ1v) is 11.8. The van der Waals surface area contributed by atoms with Crippen LogP contribution in [0.5, 0.6) is 0 Å². The number of allylic oxidation sites excluding steroid dienone is 1. The van der Waals surface area contributed by atoms with Gasteiger partial charge in [-0.1, -0.05) is 31.1 Å². The van der Waals surface area contributed by atoms with Crippen LogP contribution in [0.4, 0.5) is 0 Å². The fourth-order valence-corrected chi connectivity index (χ4v) is 4.60. The molecule has 0 bridgehead atoms. The second-order valence-electron chi connectivity index (χ2n) is 7.76. The summed E-state index contributed by atoms with van der Waals surface area (Å²) in [4.78, 5) is 19.8. The van der Waals surface area contributed by atoms with Crippen LogP contribution < -0.4 is 0 Å². The summed E-state index contributed by atoms with van der Waals surface area (Å²) < 4.78 is 28.4. The zero-order valence-electron chi connectivity index (χ0n) is 17.0. The minimum absolute atomic E-state index is 0.299. The Morgan fingerprint density at radius 3 is 2.47 bits per heavy atom. The Morgan fingerprint density at radius 2 is 1.83 bits per heavy atom. The lowest BCUT2D eigenvalue weighted by Gasteiger charge is -2.11. The molecule has 2 heterocycles. The number of nitrogens with zero attached hydrogens (tertiary/aromatic N) is 1. The monoisotopic (exact) mass is 424 g/mol. The van der Waals surface area contributed by atoms with E-state index in [0.29, 0.717) is 22.0 Å². The Kier molecular flexibility index (Phi) is 5.47. The normalized spacial score (nSPS) is 15.6.